The highest BCUT2D eigenvalue weighted by Gasteiger charge is 2.14. The van der Waals surface area contributed by atoms with Crippen LogP contribution in [0.3, 0.4) is 0 Å². The minimum Gasteiger partial charge on any atom is -0.379 e. The molecule has 0 spiro atoms. The summed E-state index contributed by atoms with van der Waals surface area (Å²) >= 11 is 0. The van der Waals surface area contributed by atoms with E-state index < -0.39 is 0 Å². The predicted octanol–water partition coefficient (Wildman–Crippen LogP) is 1.35. The lowest BCUT2D eigenvalue weighted by Crippen LogP contribution is -2.42. The van der Waals surface area contributed by atoms with Crippen LogP contribution in [-0.2, 0) is 4.74 Å². The third kappa shape index (κ3) is 4.31. The standard InChI is InChI=1S/C14H25N5O/c1-4-15-14-16-9-11(2)13(18-14)17-12(3)10-19-5-7-20-8-6-19/h9,12H,4-8,10H2,1-3H3,(H2,15,16,17,18). The molecule has 1 unspecified atom stereocenters. The van der Waals surface area contributed by atoms with Crippen LogP contribution < -0.4 is 10.6 Å². The molecule has 6 nitrogen and oxygen atoms in total. The van der Waals surface area contributed by atoms with E-state index in [1.54, 1.807) is 0 Å². The first-order chi connectivity index (χ1) is 9.69. The zero-order valence-corrected chi connectivity index (χ0v) is 12.6. The maximum absolute atomic E-state index is 5.37. The number of rotatable bonds is 6. The molecule has 1 saturated heterocycles. The molecule has 1 aromatic rings. The number of hydrogen-bond acceptors (Lipinski definition) is 6. The average Bonchev–Trinajstić information content (AvgIpc) is 2.44. The third-order valence-corrected chi connectivity index (χ3v) is 3.33. The summed E-state index contributed by atoms with van der Waals surface area (Å²) in [5.74, 6) is 1.59. The Morgan fingerprint density at radius 1 is 1.40 bits per heavy atom. The lowest BCUT2D eigenvalue weighted by Gasteiger charge is -2.29. The van der Waals surface area contributed by atoms with Crippen molar-refractivity contribution in [2.24, 2.45) is 0 Å². The number of aryl methyl sites for hydroxylation is 1. The predicted molar refractivity (Wildman–Crippen MR) is 81.3 cm³/mol. The van der Waals surface area contributed by atoms with Gasteiger partial charge in [-0.05, 0) is 20.8 Å². The molecule has 6 heteroatoms. The average molecular weight is 279 g/mol. The molecule has 1 fully saturated rings. The van der Waals surface area contributed by atoms with Crippen molar-refractivity contribution in [1.82, 2.24) is 14.9 Å². The molecule has 2 heterocycles. The van der Waals surface area contributed by atoms with E-state index in [1.165, 1.54) is 0 Å². The Bertz CT molecular complexity index is 420. The lowest BCUT2D eigenvalue weighted by molar-refractivity contribution is 0.0368. The van der Waals surface area contributed by atoms with Gasteiger partial charge in [0.25, 0.3) is 0 Å². The molecule has 1 aromatic heterocycles. The van der Waals surface area contributed by atoms with E-state index in [0.717, 1.165) is 50.8 Å². The molecule has 0 bridgehead atoms. The number of hydrogen-bond donors (Lipinski definition) is 2. The van der Waals surface area contributed by atoms with E-state index >= 15 is 0 Å². The van der Waals surface area contributed by atoms with Crippen molar-refractivity contribution in [2.75, 3.05) is 50.0 Å². The summed E-state index contributed by atoms with van der Waals surface area (Å²) in [6.45, 7) is 11.8. The summed E-state index contributed by atoms with van der Waals surface area (Å²) in [5, 5.41) is 6.62. The second kappa shape index (κ2) is 7.40. The first kappa shape index (κ1) is 15.0. The van der Waals surface area contributed by atoms with Gasteiger partial charge in [0.1, 0.15) is 5.82 Å². The maximum atomic E-state index is 5.37. The molecule has 0 saturated carbocycles. The number of nitrogens with one attached hydrogen (secondary N) is 2. The van der Waals surface area contributed by atoms with Crippen molar-refractivity contribution in [3.05, 3.63) is 11.8 Å². The second-order valence-corrected chi connectivity index (χ2v) is 5.21. The first-order valence-corrected chi connectivity index (χ1v) is 7.33. The Morgan fingerprint density at radius 3 is 2.85 bits per heavy atom. The van der Waals surface area contributed by atoms with Gasteiger partial charge in [0.2, 0.25) is 5.95 Å². The summed E-state index contributed by atoms with van der Waals surface area (Å²) in [7, 11) is 0. The zero-order chi connectivity index (χ0) is 14.4. The van der Waals surface area contributed by atoms with Gasteiger partial charge in [-0.25, -0.2) is 4.98 Å². The van der Waals surface area contributed by atoms with Crippen LogP contribution in [0.4, 0.5) is 11.8 Å². The maximum Gasteiger partial charge on any atom is 0.224 e. The van der Waals surface area contributed by atoms with Crippen LogP contribution in [0, 0.1) is 6.92 Å². The van der Waals surface area contributed by atoms with E-state index in [4.69, 9.17) is 4.74 Å². The molecule has 1 atom stereocenters. The van der Waals surface area contributed by atoms with E-state index in [9.17, 15) is 0 Å². The minimum atomic E-state index is 0.344. The van der Waals surface area contributed by atoms with E-state index in [0.29, 0.717) is 12.0 Å². The molecule has 1 aliphatic heterocycles. The summed E-state index contributed by atoms with van der Waals surface area (Å²) in [4.78, 5) is 11.2. The highest BCUT2D eigenvalue weighted by atomic mass is 16.5. The van der Waals surface area contributed by atoms with Crippen molar-refractivity contribution < 1.29 is 4.74 Å². The molecule has 1 aliphatic rings. The smallest absolute Gasteiger partial charge is 0.224 e. The molecule has 0 aliphatic carbocycles. The molecule has 0 aromatic carbocycles. The fourth-order valence-corrected chi connectivity index (χ4v) is 2.28. The monoisotopic (exact) mass is 279 g/mol. The fraction of sp³-hybridized carbons (Fsp3) is 0.714. The molecule has 20 heavy (non-hydrogen) atoms. The van der Waals surface area contributed by atoms with Crippen LogP contribution in [0.2, 0.25) is 0 Å². The molecule has 0 amide bonds. The number of ether oxygens (including phenoxy) is 1. The van der Waals surface area contributed by atoms with E-state index in [1.807, 2.05) is 20.0 Å². The normalized spacial score (nSPS) is 17.8. The van der Waals surface area contributed by atoms with Crippen LogP contribution in [0.25, 0.3) is 0 Å². The second-order valence-electron chi connectivity index (χ2n) is 5.21. The molecule has 2 rings (SSSR count). The topological polar surface area (TPSA) is 62.3 Å². The molecule has 2 N–H and O–H groups in total. The minimum absolute atomic E-state index is 0.344. The Balaban J connectivity index is 1.92. The Hall–Kier alpha value is -1.40. The molecular formula is C14H25N5O. The van der Waals surface area contributed by atoms with Gasteiger partial charge in [-0.2, -0.15) is 4.98 Å². The van der Waals surface area contributed by atoms with Crippen LogP contribution in [-0.4, -0.2) is 60.3 Å². The van der Waals surface area contributed by atoms with Gasteiger partial charge >= 0.3 is 0 Å². The van der Waals surface area contributed by atoms with Gasteiger partial charge in [0.15, 0.2) is 0 Å². The van der Waals surface area contributed by atoms with E-state index in [-0.39, 0.29) is 0 Å². The SMILES string of the molecule is CCNc1ncc(C)c(NC(C)CN2CCOCC2)n1. The first-order valence-electron chi connectivity index (χ1n) is 7.33. The fourth-order valence-electron chi connectivity index (χ4n) is 2.28. The highest BCUT2D eigenvalue weighted by molar-refractivity contribution is 5.47. The van der Waals surface area contributed by atoms with Crippen molar-refractivity contribution in [1.29, 1.82) is 0 Å². The van der Waals surface area contributed by atoms with Crippen molar-refractivity contribution in [2.45, 2.75) is 26.8 Å². The highest BCUT2D eigenvalue weighted by Crippen LogP contribution is 2.14. The van der Waals surface area contributed by atoms with Crippen molar-refractivity contribution >= 4 is 11.8 Å². The van der Waals surface area contributed by atoms with Crippen LogP contribution in [0.1, 0.15) is 19.4 Å². The summed E-state index contributed by atoms with van der Waals surface area (Å²) in [5.41, 5.74) is 1.07. The van der Waals surface area contributed by atoms with Crippen LogP contribution >= 0.6 is 0 Å². The number of anilines is 2. The van der Waals surface area contributed by atoms with Crippen molar-refractivity contribution in [3.8, 4) is 0 Å². The van der Waals surface area contributed by atoms with Gasteiger partial charge in [-0.15, -0.1) is 0 Å². The van der Waals surface area contributed by atoms with Gasteiger partial charge in [0.05, 0.1) is 13.2 Å². The zero-order valence-electron chi connectivity index (χ0n) is 12.6. The van der Waals surface area contributed by atoms with Crippen LogP contribution in [0.15, 0.2) is 6.20 Å². The lowest BCUT2D eigenvalue weighted by atomic mass is 10.2. The number of aromatic nitrogens is 2. The molecular weight excluding hydrogens is 254 g/mol. The van der Waals surface area contributed by atoms with E-state index in [2.05, 4.69) is 32.4 Å². The number of nitrogens with zero attached hydrogens (tertiary/aromatic N) is 3. The van der Waals surface area contributed by atoms with Gasteiger partial charge in [0, 0.05) is 44.0 Å². The van der Waals surface area contributed by atoms with Crippen molar-refractivity contribution in [3.63, 3.8) is 0 Å². The van der Waals surface area contributed by atoms with Crippen LogP contribution in [0.5, 0.6) is 0 Å². The van der Waals surface area contributed by atoms with Gasteiger partial charge in [-0.3, -0.25) is 4.90 Å². The number of morpholine rings is 1. The molecule has 112 valence electrons. The molecule has 0 radical (unpaired) electrons. The quantitative estimate of drug-likeness (QED) is 0.819. The largest absolute Gasteiger partial charge is 0.379 e. The van der Waals surface area contributed by atoms with Gasteiger partial charge in [-0.1, -0.05) is 0 Å². The summed E-state index contributed by atoms with van der Waals surface area (Å²) < 4.78 is 5.37. The third-order valence-electron chi connectivity index (χ3n) is 3.33. The Labute approximate surface area is 120 Å². The summed E-state index contributed by atoms with van der Waals surface area (Å²) in [6.07, 6.45) is 1.86. The van der Waals surface area contributed by atoms with Gasteiger partial charge < -0.3 is 15.4 Å². The Morgan fingerprint density at radius 2 is 2.15 bits per heavy atom. The summed E-state index contributed by atoms with van der Waals surface area (Å²) in [6, 6.07) is 0.344. The Kier molecular flexibility index (Phi) is 5.55.